The summed E-state index contributed by atoms with van der Waals surface area (Å²) < 4.78 is 1.84. The maximum absolute atomic E-state index is 12.1. The minimum Gasteiger partial charge on any atom is -0.340 e. The second-order valence-electron chi connectivity index (χ2n) is 3.78. The lowest BCUT2D eigenvalue weighted by atomic mass is 10.3. The van der Waals surface area contributed by atoms with Gasteiger partial charge in [-0.2, -0.15) is 0 Å². The van der Waals surface area contributed by atoms with Gasteiger partial charge in [0.15, 0.2) is 4.96 Å². The van der Waals surface area contributed by atoms with Crippen LogP contribution in [0.1, 0.15) is 30.3 Å². The lowest BCUT2D eigenvalue weighted by molar-refractivity contribution is 0.0787. The van der Waals surface area contributed by atoms with Crippen molar-refractivity contribution in [1.82, 2.24) is 14.3 Å². The number of nitrogens with zero attached hydrogens (tertiary/aromatic N) is 3. The number of aromatic nitrogens is 2. The summed E-state index contributed by atoms with van der Waals surface area (Å²) in [6, 6.07) is 0. The van der Waals surface area contributed by atoms with E-state index >= 15 is 0 Å². The largest absolute Gasteiger partial charge is 0.340 e. The van der Waals surface area contributed by atoms with Gasteiger partial charge in [-0.25, -0.2) is 4.98 Å². The number of carbonyl (C=O) groups excluding carboxylic acids is 1. The highest BCUT2D eigenvalue weighted by Gasteiger charge is 2.15. The van der Waals surface area contributed by atoms with Crippen molar-refractivity contribution in [1.29, 1.82) is 0 Å². The number of hydrogen-bond acceptors (Lipinski definition) is 3. The Kier molecular flexibility index (Phi) is 3.24. The van der Waals surface area contributed by atoms with E-state index < -0.39 is 0 Å². The van der Waals surface area contributed by atoms with Crippen molar-refractivity contribution in [2.75, 3.05) is 13.6 Å². The smallest absolute Gasteiger partial charge is 0.271 e. The Hall–Kier alpha value is -1.36. The standard InChI is InChI=1S/C11H15N3OS/c1-3-4-6-13(2)10(15)9-8-16-11-12-5-7-14(9)11/h5,7-8H,3-4,6H2,1-2H3. The Morgan fingerprint density at radius 2 is 2.44 bits per heavy atom. The molecule has 0 aliphatic carbocycles. The van der Waals surface area contributed by atoms with Crippen molar-refractivity contribution in [2.24, 2.45) is 0 Å². The maximum atomic E-state index is 12.1. The lowest BCUT2D eigenvalue weighted by Gasteiger charge is -2.15. The van der Waals surface area contributed by atoms with E-state index in [2.05, 4.69) is 11.9 Å². The van der Waals surface area contributed by atoms with Gasteiger partial charge in [-0.05, 0) is 6.42 Å². The van der Waals surface area contributed by atoms with E-state index in [4.69, 9.17) is 0 Å². The van der Waals surface area contributed by atoms with Crippen molar-refractivity contribution < 1.29 is 4.79 Å². The summed E-state index contributed by atoms with van der Waals surface area (Å²) in [5, 5.41) is 1.87. The van der Waals surface area contributed by atoms with E-state index in [1.165, 1.54) is 11.3 Å². The van der Waals surface area contributed by atoms with Gasteiger partial charge in [0.1, 0.15) is 5.69 Å². The van der Waals surface area contributed by atoms with E-state index in [-0.39, 0.29) is 5.91 Å². The summed E-state index contributed by atoms with van der Waals surface area (Å²) in [4.78, 5) is 18.9. The average molecular weight is 237 g/mol. The molecule has 0 atom stereocenters. The lowest BCUT2D eigenvalue weighted by Crippen LogP contribution is -2.28. The number of imidazole rings is 1. The van der Waals surface area contributed by atoms with Crippen LogP contribution in [0.5, 0.6) is 0 Å². The van der Waals surface area contributed by atoms with Crippen LogP contribution in [0.25, 0.3) is 4.96 Å². The van der Waals surface area contributed by atoms with Gasteiger partial charge in [-0.15, -0.1) is 11.3 Å². The Bertz CT molecular complexity index is 488. The Balaban J connectivity index is 2.18. The van der Waals surface area contributed by atoms with Crippen LogP contribution in [0.3, 0.4) is 0 Å². The van der Waals surface area contributed by atoms with Crippen LogP contribution in [-0.4, -0.2) is 33.8 Å². The molecule has 1 amide bonds. The molecule has 0 aliphatic rings. The van der Waals surface area contributed by atoms with Crippen molar-refractivity contribution in [2.45, 2.75) is 19.8 Å². The second kappa shape index (κ2) is 4.65. The minimum atomic E-state index is 0.0673. The minimum absolute atomic E-state index is 0.0673. The summed E-state index contributed by atoms with van der Waals surface area (Å²) in [5.74, 6) is 0.0673. The number of amides is 1. The fraction of sp³-hybridized carbons (Fsp3) is 0.455. The monoisotopic (exact) mass is 237 g/mol. The summed E-state index contributed by atoms with van der Waals surface area (Å²) in [7, 11) is 1.85. The summed E-state index contributed by atoms with van der Waals surface area (Å²) >= 11 is 1.49. The number of fused-ring (bicyclic) bond motifs is 1. The van der Waals surface area contributed by atoms with Gasteiger partial charge in [0.25, 0.3) is 5.91 Å². The van der Waals surface area contributed by atoms with Crippen LogP contribution in [0.4, 0.5) is 0 Å². The molecule has 16 heavy (non-hydrogen) atoms. The number of rotatable bonds is 4. The van der Waals surface area contributed by atoms with E-state index in [1.807, 2.05) is 23.0 Å². The molecule has 0 N–H and O–H groups in total. The highest BCUT2D eigenvalue weighted by atomic mass is 32.1. The summed E-state index contributed by atoms with van der Waals surface area (Å²) in [5.41, 5.74) is 0.705. The third-order valence-corrected chi connectivity index (χ3v) is 3.41. The number of unbranched alkanes of at least 4 members (excludes halogenated alkanes) is 1. The predicted molar refractivity (Wildman–Crippen MR) is 64.9 cm³/mol. The van der Waals surface area contributed by atoms with Crippen molar-refractivity contribution in [3.63, 3.8) is 0 Å². The van der Waals surface area contributed by atoms with E-state index in [1.54, 1.807) is 11.1 Å². The first-order valence-electron chi connectivity index (χ1n) is 5.40. The molecule has 0 unspecified atom stereocenters. The van der Waals surface area contributed by atoms with Crippen molar-refractivity contribution >= 4 is 22.2 Å². The van der Waals surface area contributed by atoms with Gasteiger partial charge in [0.05, 0.1) is 0 Å². The molecule has 0 aliphatic heterocycles. The molecule has 2 rings (SSSR count). The zero-order valence-electron chi connectivity index (χ0n) is 9.51. The molecule has 0 radical (unpaired) electrons. The number of carbonyl (C=O) groups is 1. The van der Waals surface area contributed by atoms with Crippen LogP contribution in [-0.2, 0) is 0 Å². The topological polar surface area (TPSA) is 37.6 Å². The van der Waals surface area contributed by atoms with E-state index in [9.17, 15) is 4.79 Å². The molecule has 0 fully saturated rings. The number of thiazole rings is 1. The fourth-order valence-corrected chi connectivity index (χ4v) is 2.40. The molecule has 0 aromatic carbocycles. The molecule has 0 bridgehead atoms. The average Bonchev–Trinajstić information content (AvgIpc) is 2.86. The predicted octanol–water partition coefficient (Wildman–Crippen LogP) is 2.27. The third-order valence-electron chi connectivity index (χ3n) is 2.56. The third kappa shape index (κ3) is 1.95. The van der Waals surface area contributed by atoms with Gasteiger partial charge in [-0.3, -0.25) is 9.20 Å². The maximum Gasteiger partial charge on any atom is 0.271 e. The van der Waals surface area contributed by atoms with Gasteiger partial charge in [-0.1, -0.05) is 13.3 Å². The summed E-state index contributed by atoms with van der Waals surface area (Å²) in [6.07, 6.45) is 5.68. The normalized spacial score (nSPS) is 10.9. The molecule has 0 saturated heterocycles. The van der Waals surface area contributed by atoms with Crippen molar-refractivity contribution in [3.05, 3.63) is 23.5 Å². The molecule has 2 aromatic rings. The van der Waals surface area contributed by atoms with Gasteiger partial charge in [0.2, 0.25) is 0 Å². The van der Waals surface area contributed by atoms with Gasteiger partial charge >= 0.3 is 0 Å². The highest BCUT2D eigenvalue weighted by Crippen LogP contribution is 2.15. The molecule has 0 spiro atoms. The second-order valence-corrected chi connectivity index (χ2v) is 4.62. The Labute approximate surface area is 98.5 Å². The summed E-state index contributed by atoms with van der Waals surface area (Å²) in [6.45, 7) is 2.93. The van der Waals surface area contributed by atoms with Crippen LogP contribution < -0.4 is 0 Å². The fourth-order valence-electron chi connectivity index (χ4n) is 1.57. The SMILES string of the molecule is CCCCN(C)C(=O)c1csc2nccn12. The highest BCUT2D eigenvalue weighted by molar-refractivity contribution is 7.15. The Morgan fingerprint density at radius 3 is 3.19 bits per heavy atom. The molecule has 2 heterocycles. The molecule has 4 nitrogen and oxygen atoms in total. The molecular formula is C11H15N3OS. The van der Waals surface area contributed by atoms with Crippen LogP contribution in [0.15, 0.2) is 17.8 Å². The molecule has 5 heteroatoms. The molecule has 2 aromatic heterocycles. The van der Waals surface area contributed by atoms with Gasteiger partial charge < -0.3 is 4.90 Å². The van der Waals surface area contributed by atoms with Gasteiger partial charge in [0, 0.05) is 31.4 Å². The van der Waals surface area contributed by atoms with Crippen LogP contribution in [0.2, 0.25) is 0 Å². The van der Waals surface area contributed by atoms with Crippen LogP contribution >= 0.6 is 11.3 Å². The first-order chi connectivity index (χ1) is 7.74. The zero-order chi connectivity index (χ0) is 11.5. The first kappa shape index (κ1) is 11.1. The van der Waals surface area contributed by atoms with Crippen molar-refractivity contribution in [3.8, 4) is 0 Å². The molecule has 86 valence electrons. The van der Waals surface area contributed by atoms with E-state index in [0.29, 0.717) is 5.69 Å². The number of hydrogen-bond donors (Lipinski definition) is 0. The molecular weight excluding hydrogens is 222 g/mol. The van der Waals surface area contributed by atoms with E-state index in [0.717, 1.165) is 24.3 Å². The first-order valence-corrected chi connectivity index (χ1v) is 6.28. The Morgan fingerprint density at radius 1 is 1.62 bits per heavy atom. The van der Waals surface area contributed by atoms with Crippen LogP contribution in [0, 0.1) is 0 Å². The molecule has 0 saturated carbocycles. The zero-order valence-corrected chi connectivity index (χ0v) is 10.3. The quantitative estimate of drug-likeness (QED) is 0.818.